The molecule has 0 aliphatic rings. The van der Waals surface area contributed by atoms with Gasteiger partial charge in [-0.2, -0.15) is 5.10 Å². The summed E-state index contributed by atoms with van der Waals surface area (Å²) in [5, 5.41) is 7.11. The number of carbonyl (C=O) groups excluding carboxylic acids is 1. The monoisotopic (exact) mass is 313 g/mol. The molecule has 1 heterocycles. The maximum absolute atomic E-state index is 12.1. The summed E-state index contributed by atoms with van der Waals surface area (Å²) in [5.41, 5.74) is 2.53. The molecule has 0 radical (unpaired) electrons. The van der Waals surface area contributed by atoms with Crippen molar-refractivity contribution >= 4 is 5.91 Å². The van der Waals surface area contributed by atoms with Gasteiger partial charge in [0.2, 0.25) is 5.91 Å². The van der Waals surface area contributed by atoms with Crippen molar-refractivity contribution in [3.8, 4) is 0 Å². The minimum atomic E-state index is -0.275. The second-order valence-corrected chi connectivity index (χ2v) is 6.73. The minimum absolute atomic E-state index is 0.0748. The molecular weight excluding hydrogens is 290 g/mol. The van der Waals surface area contributed by atoms with Crippen molar-refractivity contribution in [1.82, 2.24) is 15.1 Å². The van der Waals surface area contributed by atoms with E-state index in [0.29, 0.717) is 6.54 Å². The molecule has 2 rings (SSSR count). The second kappa shape index (κ2) is 6.77. The van der Waals surface area contributed by atoms with Crippen molar-refractivity contribution in [2.24, 2.45) is 0 Å². The Morgan fingerprint density at radius 1 is 1.13 bits per heavy atom. The van der Waals surface area contributed by atoms with Gasteiger partial charge < -0.3 is 5.32 Å². The van der Waals surface area contributed by atoms with Crippen LogP contribution in [-0.2, 0) is 23.3 Å². The van der Waals surface area contributed by atoms with E-state index < -0.39 is 0 Å². The lowest BCUT2D eigenvalue weighted by molar-refractivity contribution is -0.122. The number of benzene rings is 1. The first-order valence-electron chi connectivity index (χ1n) is 7.66. The molecule has 0 fully saturated rings. The van der Waals surface area contributed by atoms with Gasteiger partial charge in [-0.15, -0.1) is 0 Å². The van der Waals surface area contributed by atoms with Gasteiger partial charge in [0, 0.05) is 18.0 Å². The van der Waals surface area contributed by atoms with Gasteiger partial charge >= 0.3 is 0 Å². The maximum Gasteiger partial charge on any atom is 0.267 e. The van der Waals surface area contributed by atoms with Gasteiger partial charge in [-0.05, 0) is 18.6 Å². The van der Waals surface area contributed by atoms with E-state index in [9.17, 15) is 9.59 Å². The van der Waals surface area contributed by atoms with Gasteiger partial charge in [0.05, 0.1) is 5.69 Å². The van der Waals surface area contributed by atoms with E-state index in [-0.39, 0.29) is 23.4 Å². The van der Waals surface area contributed by atoms with Crippen molar-refractivity contribution < 1.29 is 4.79 Å². The largest absolute Gasteiger partial charge is 0.350 e. The molecule has 1 aromatic heterocycles. The molecule has 0 atom stereocenters. The molecule has 23 heavy (non-hydrogen) atoms. The molecule has 0 aliphatic carbocycles. The van der Waals surface area contributed by atoms with Crippen LogP contribution in [0.1, 0.15) is 37.6 Å². The Bertz CT molecular complexity index is 740. The smallest absolute Gasteiger partial charge is 0.267 e. The van der Waals surface area contributed by atoms with Crippen molar-refractivity contribution in [3.63, 3.8) is 0 Å². The van der Waals surface area contributed by atoms with Gasteiger partial charge in [0.1, 0.15) is 6.54 Å². The Labute approximate surface area is 136 Å². The molecule has 1 aromatic carbocycles. The first-order valence-corrected chi connectivity index (χ1v) is 7.66. The van der Waals surface area contributed by atoms with Gasteiger partial charge in [-0.1, -0.05) is 50.6 Å². The summed E-state index contributed by atoms with van der Waals surface area (Å²) in [7, 11) is 0. The van der Waals surface area contributed by atoms with E-state index in [0.717, 1.165) is 11.3 Å². The van der Waals surface area contributed by atoms with Crippen LogP contribution < -0.4 is 10.9 Å². The molecule has 0 aliphatic heterocycles. The number of nitrogens with one attached hydrogen (secondary N) is 1. The highest BCUT2D eigenvalue weighted by atomic mass is 16.2. The number of carbonyl (C=O) groups is 1. The average molecular weight is 313 g/mol. The van der Waals surface area contributed by atoms with E-state index in [1.165, 1.54) is 16.3 Å². The maximum atomic E-state index is 12.1. The molecule has 0 spiro atoms. The third-order valence-electron chi connectivity index (χ3n) is 3.54. The van der Waals surface area contributed by atoms with E-state index in [1.54, 1.807) is 6.07 Å². The molecule has 122 valence electrons. The molecule has 0 saturated carbocycles. The van der Waals surface area contributed by atoms with Crippen LogP contribution in [-0.4, -0.2) is 15.7 Å². The first kappa shape index (κ1) is 16.9. The van der Waals surface area contributed by atoms with Crippen LogP contribution in [0.3, 0.4) is 0 Å². The Hall–Kier alpha value is -2.43. The number of nitrogens with zero attached hydrogens (tertiary/aromatic N) is 2. The van der Waals surface area contributed by atoms with E-state index in [4.69, 9.17) is 0 Å². The summed E-state index contributed by atoms with van der Waals surface area (Å²) >= 11 is 0. The summed E-state index contributed by atoms with van der Waals surface area (Å²) in [4.78, 5) is 23.9. The van der Waals surface area contributed by atoms with Gasteiger partial charge in [-0.25, -0.2) is 4.68 Å². The molecule has 5 nitrogen and oxygen atoms in total. The van der Waals surface area contributed by atoms with E-state index in [2.05, 4.69) is 10.4 Å². The Balaban J connectivity index is 2.02. The molecular formula is C18H23N3O2. The van der Waals surface area contributed by atoms with E-state index in [1.807, 2.05) is 52.0 Å². The fourth-order valence-electron chi connectivity index (χ4n) is 2.06. The molecule has 0 saturated heterocycles. The quantitative estimate of drug-likeness (QED) is 0.941. The van der Waals surface area contributed by atoms with Crippen LogP contribution >= 0.6 is 0 Å². The predicted molar refractivity (Wildman–Crippen MR) is 90.2 cm³/mol. The zero-order valence-electron chi connectivity index (χ0n) is 14.1. The van der Waals surface area contributed by atoms with E-state index >= 15 is 0 Å². The summed E-state index contributed by atoms with van der Waals surface area (Å²) in [5.74, 6) is -0.230. The Morgan fingerprint density at radius 3 is 2.39 bits per heavy atom. The molecule has 0 bridgehead atoms. The molecule has 1 N–H and O–H groups in total. The second-order valence-electron chi connectivity index (χ2n) is 6.73. The van der Waals surface area contributed by atoms with Crippen LogP contribution in [0.2, 0.25) is 0 Å². The minimum Gasteiger partial charge on any atom is -0.350 e. The highest BCUT2D eigenvalue weighted by Crippen LogP contribution is 2.17. The van der Waals surface area contributed by atoms with Crippen LogP contribution in [0, 0.1) is 6.92 Å². The number of amides is 1. The Morgan fingerprint density at radius 2 is 1.78 bits per heavy atom. The number of aryl methyl sites for hydroxylation is 1. The standard InChI is InChI=1S/C18H23N3O2/c1-13-5-7-14(8-6-13)11-19-16(22)12-21-17(23)10-9-15(20-21)18(2,3)4/h5-10H,11-12H2,1-4H3,(H,19,22). The van der Waals surface area contributed by atoms with Crippen LogP contribution in [0.5, 0.6) is 0 Å². The highest BCUT2D eigenvalue weighted by Gasteiger charge is 2.17. The summed E-state index contributed by atoms with van der Waals surface area (Å²) in [6.45, 7) is 8.43. The van der Waals surface area contributed by atoms with Crippen molar-refractivity contribution in [2.45, 2.75) is 46.2 Å². The van der Waals surface area contributed by atoms with Gasteiger partial charge in [-0.3, -0.25) is 9.59 Å². The van der Waals surface area contributed by atoms with Crippen molar-refractivity contribution in [3.05, 3.63) is 63.6 Å². The van der Waals surface area contributed by atoms with Gasteiger partial charge in [0.25, 0.3) is 5.56 Å². The lowest BCUT2D eigenvalue weighted by Gasteiger charge is -2.18. The lowest BCUT2D eigenvalue weighted by Crippen LogP contribution is -2.34. The first-order chi connectivity index (χ1) is 10.8. The molecule has 2 aromatic rings. The zero-order valence-corrected chi connectivity index (χ0v) is 14.1. The lowest BCUT2D eigenvalue weighted by atomic mass is 9.92. The highest BCUT2D eigenvalue weighted by molar-refractivity contribution is 5.75. The normalized spacial score (nSPS) is 11.3. The zero-order chi connectivity index (χ0) is 17.0. The van der Waals surface area contributed by atoms with Crippen LogP contribution in [0.4, 0.5) is 0 Å². The average Bonchev–Trinajstić information content (AvgIpc) is 2.48. The number of hydrogen-bond donors (Lipinski definition) is 1. The predicted octanol–water partition coefficient (Wildman–Crippen LogP) is 2.17. The van der Waals surface area contributed by atoms with Crippen molar-refractivity contribution in [2.75, 3.05) is 0 Å². The fourth-order valence-corrected chi connectivity index (χ4v) is 2.06. The number of aromatic nitrogens is 2. The third kappa shape index (κ3) is 4.77. The molecule has 1 amide bonds. The molecule has 5 heteroatoms. The third-order valence-corrected chi connectivity index (χ3v) is 3.54. The summed E-state index contributed by atoms with van der Waals surface area (Å²) in [6.07, 6.45) is 0. The fraction of sp³-hybridized carbons (Fsp3) is 0.389. The SMILES string of the molecule is Cc1ccc(CNC(=O)Cn2nc(C(C)(C)C)ccc2=O)cc1. The number of hydrogen-bond acceptors (Lipinski definition) is 3. The van der Waals surface area contributed by atoms with Crippen LogP contribution in [0.15, 0.2) is 41.2 Å². The van der Waals surface area contributed by atoms with Crippen molar-refractivity contribution in [1.29, 1.82) is 0 Å². The summed E-state index contributed by atoms with van der Waals surface area (Å²) in [6, 6.07) is 11.1. The summed E-state index contributed by atoms with van der Waals surface area (Å²) < 4.78 is 1.21. The Kier molecular flexibility index (Phi) is 4.98. The van der Waals surface area contributed by atoms with Crippen LogP contribution in [0.25, 0.3) is 0 Å². The topological polar surface area (TPSA) is 64.0 Å². The van der Waals surface area contributed by atoms with Gasteiger partial charge in [0.15, 0.2) is 0 Å². The number of rotatable bonds is 4. The molecule has 0 unspecified atom stereocenters.